The van der Waals surface area contributed by atoms with Gasteiger partial charge in [-0.3, -0.25) is 4.90 Å². The highest BCUT2D eigenvalue weighted by Crippen LogP contribution is 2.22. The second-order valence-corrected chi connectivity index (χ2v) is 7.64. The number of piperazine rings is 1. The van der Waals surface area contributed by atoms with E-state index in [9.17, 15) is 4.39 Å². The molecule has 0 bridgehead atoms. The summed E-state index contributed by atoms with van der Waals surface area (Å²) in [4.78, 5) is 13.9. The zero-order chi connectivity index (χ0) is 17.9. The van der Waals surface area contributed by atoms with Gasteiger partial charge in [-0.2, -0.15) is 0 Å². The highest BCUT2D eigenvalue weighted by molar-refractivity contribution is 7.99. The van der Waals surface area contributed by atoms with Crippen molar-refractivity contribution in [3.63, 3.8) is 0 Å². The lowest BCUT2D eigenvalue weighted by molar-refractivity contribution is 0.161. The summed E-state index contributed by atoms with van der Waals surface area (Å²) in [5.41, 5.74) is 0.943. The second kappa shape index (κ2) is 7.73. The van der Waals surface area contributed by atoms with E-state index < -0.39 is 0 Å². The lowest BCUT2D eigenvalue weighted by Crippen LogP contribution is -2.45. The van der Waals surface area contributed by atoms with E-state index in [1.54, 1.807) is 30.1 Å². The Hall–Kier alpha value is -1.96. The summed E-state index contributed by atoms with van der Waals surface area (Å²) in [5, 5.41) is 1.65. The fraction of sp³-hybridized carbons (Fsp3) is 0.368. The van der Waals surface area contributed by atoms with E-state index in [0.717, 1.165) is 60.4 Å². The fourth-order valence-corrected chi connectivity index (χ4v) is 4.01. The van der Waals surface area contributed by atoms with Crippen molar-refractivity contribution in [3.05, 3.63) is 48.5 Å². The topological polar surface area (TPSA) is 37.2 Å². The van der Waals surface area contributed by atoms with E-state index in [4.69, 9.17) is 0 Å². The number of fused-ring (bicyclic) bond motifs is 1. The molecule has 0 N–H and O–H groups in total. The molecule has 0 spiro atoms. The van der Waals surface area contributed by atoms with Gasteiger partial charge < -0.3 is 9.47 Å². The van der Waals surface area contributed by atoms with Gasteiger partial charge in [-0.15, -0.1) is 0 Å². The van der Waals surface area contributed by atoms with Crippen LogP contribution in [0.5, 0.6) is 0 Å². The number of hydrogen-bond acceptors (Lipinski definition) is 5. The molecule has 7 heteroatoms. The van der Waals surface area contributed by atoms with Gasteiger partial charge in [0.25, 0.3) is 0 Å². The van der Waals surface area contributed by atoms with E-state index in [1.807, 2.05) is 22.9 Å². The van der Waals surface area contributed by atoms with Gasteiger partial charge in [0, 0.05) is 56.3 Å². The molecule has 1 saturated heterocycles. The van der Waals surface area contributed by atoms with Crippen molar-refractivity contribution in [2.24, 2.45) is 0 Å². The molecule has 1 fully saturated rings. The quantitative estimate of drug-likeness (QED) is 0.509. The molecule has 26 heavy (non-hydrogen) atoms. The van der Waals surface area contributed by atoms with Gasteiger partial charge in [-0.25, -0.2) is 14.4 Å². The van der Waals surface area contributed by atoms with Crippen LogP contribution in [0.1, 0.15) is 0 Å². The molecule has 3 heterocycles. The molecule has 0 atom stereocenters. The predicted molar refractivity (Wildman–Crippen MR) is 103 cm³/mol. The summed E-state index contributed by atoms with van der Waals surface area (Å²) in [5.74, 6) is 1.56. The second-order valence-electron chi connectivity index (χ2n) is 6.58. The van der Waals surface area contributed by atoms with Crippen LogP contribution in [-0.2, 0) is 0 Å². The number of likely N-dealkylation sites (N-methyl/N-ethyl adjacent to an activating group) is 1. The van der Waals surface area contributed by atoms with Gasteiger partial charge in [0.2, 0.25) is 0 Å². The fourth-order valence-electron chi connectivity index (χ4n) is 3.19. The smallest absolute Gasteiger partial charge is 0.189 e. The average molecular weight is 371 g/mol. The maximum Gasteiger partial charge on any atom is 0.189 e. The van der Waals surface area contributed by atoms with Crippen LogP contribution in [0.3, 0.4) is 0 Å². The summed E-state index contributed by atoms with van der Waals surface area (Å²) < 4.78 is 15.4. The van der Waals surface area contributed by atoms with Crippen LogP contribution >= 0.6 is 11.8 Å². The van der Waals surface area contributed by atoms with Gasteiger partial charge in [0.05, 0.1) is 5.52 Å². The summed E-state index contributed by atoms with van der Waals surface area (Å²) in [6.45, 7) is 5.58. The Kier molecular flexibility index (Phi) is 5.19. The van der Waals surface area contributed by atoms with Crippen molar-refractivity contribution in [1.82, 2.24) is 24.3 Å². The molecule has 5 nitrogen and oxygen atoms in total. The maximum atomic E-state index is 13.4. The summed E-state index contributed by atoms with van der Waals surface area (Å²) >= 11 is 1.68. The van der Waals surface area contributed by atoms with E-state index >= 15 is 0 Å². The van der Waals surface area contributed by atoms with E-state index in [1.165, 1.54) is 6.07 Å². The molecule has 136 valence electrons. The number of hydrogen-bond donors (Lipinski definition) is 0. The van der Waals surface area contributed by atoms with Crippen molar-refractivity contribution in [2.75, 3.05) is 45.5 Å². The molecule has 0 aliphatic carbocycles. The van der Waals surface area contributed by atoms with Crippen molar-refractivity contribution in [1.29, 1.82) is 0 Å². The molecular weight excluding hydrogens is 349 g/mol. The molecule has 1 aliphatic heterocycles. The number of thioether (sulfide) groups is 1. The number of rotatable bonds is 5. The minimum Gasteiger partial charge on any atom is -0.304 e. The van der Waals surface area contributed by atoms with Crippen LogP contribution in [0.25, 0.3) is 16.7 Å². The standard InChI is InChI=1S/C19H22FN5S/c1-23-8-10-24(11-9-23)12-13-26-19-21-6-4-18(22-19)25-7-5-15-14-16(20)2-3-17(15)25/h2-7,14H,8-13H2,1H3. The lowest BCUT2D eigenvalue weighted by atomic mass is 10.2. The molecule has 0 saturated carbocycles. The SMILES string of the molecule is CN1CCN(CCSc2nccc(-n3ccc4cc(F)ccc43)n2)CC1. The van der Waals surface area contributed by atoms with Gasteiger partial charge in [0.1, 0.15) is 11.6 Å². The highest BCUT2D eigenvalue weighted by atomic mass is 32.2. The van der Waals surface area contributed by atoms with Crippen LogP contribution in [0.4, 0.5) is 4.39 Å². The molecule has 3 aromatic rings. The number of benzene rings is 1. The zero-order valence-electron chi connectivity index (χ0n) is 14.8. The molecule has 1 aromatic carbocycles. The Morgan fingerprint density at radius 2 is 1.96 bits per heavy atom. The Labute approximate surface area is 156 Å². The van der Waals surface area contributed by atoms with Crippen LogP contribution in [0.2, 0.25) is 0 Å². The first-order valence-corrected chi connectivity index (χ1v) is 9.81. The van der Waals surface area contributed by atoms with Crippen molar-refractivity contribution < 1.29 is 4.39 Å². The molecule has 0 amide bonds. The monoisotopic (exact) mass is 371 g/mol. The molecular formula is C19H22FN5S. The van der Waals surface area contributed by atoms with Gasteiger partial charge in [-0.1, -0.05) is 11.8 Å². The van der Waals surface area contributed by atoms with E-state index in [-0.39, 0.29) is 5.82 Å². The molecule has 1 aliphatic rings. The summed E-state index contributed by atoms with van der Waals surface area (Å²) in [6, 6.07) is 8.59. The van der Waals surface area contributed by atoms with Crippen molar-refractivity contribution in [2.45, 2.75) is 5.16 Å². The summed E-state index contributed by atoms with van der Waals surface area (Å²) in [6.07, 6.45) is 3.71. The van der Waals surface area contributed by atoms with E-state index in [2.05, 4.69) is 26.8 Å². The summed E-state index contributed by atoms with van der Waals surface area (Å²) in [7, 11) is 2.17. The first kappa shape index (κ1) is 17.5. The average Bonchev–Trinajstić information content (AvgIpc) is 3.07. The third-order valence-corrected chi connectivity index (χ3v) is 5.59. The highest BCUT2D eigenvalue weighted by Gasteiger charge is 2.13. The molecule has 0 unspecified atom stereocenters. The molecule has 0 radical (unpaired) electrons. The van der Waals surface area contributed by atoms with E-state index in [0.29, 0.717) is 0 Å². The number of halogens is 1. The first-order valence-electron chi connectivity index (χ1n) is 8.83. The molecule has 4 rings (SSSR count). The Morgan fingerprint density at radius 3 is 2.81 bits per heavy atom. The third-order valence-electron chi connectivity index (χ3n) is 4.75. The van der Waals surface area contributed by atoms with Gasteiger partial charge in [0.15, 0.2) is 5.16 Å². The molecule has 2 aromatic heterocycles. The normalized spacial score (nSPS) is 16.4. The van der Waals surface area contributed by atoms with Crippen LogP contribution in [-0.4, -0.2) is 69.9 Å². The zero-order valence-corrected chi connectivity index (χ0v) is 15.6. The Morgan fingerprint density at radius 1 is 1.12 bits per heavy atom. The third kappa shape index (κ3) is 3.90. The van der Waals surface area contributed by atoms with Crippen molar-refractivity contribution in [3.8, 4) is 5.82 Å². The minimum atomic E-state index is -0.224. The Balaban J connectivity index is 1.43. The van der Waals surface area contributed by atoms with Crippen molar-refractivity contribution >= 4 is 22.7 Å². The van der Waals surface area contributed by atoms with Gasteiger partial charge >= 0.3 is 0 Å². The number of aromatic nitrogens is 3. The Bertz CT molecular complexity index is 889. The minimum absolute atomic E-state index is 0.224. The van der Waals surface area contributed by atoms with Crippen LogP contribution < -0.4 is 0 Å². The first-order chi connectivity index (χ1) is 12.7. The number of nitrogens with zero attached hydrogens (tertiary/aromatic N) is 5. The lowest BCUT2D eigenvalue weighted by Gasteiger charge is -2.32. The largest absolute Gasteiger partial charge is 0.304 e. The van der Waals surface area contributed by atoms with Crippen LogP contribution in [0.15, 0.2) is 47.9 Å². The maximum absolute atomic E-state index is 13.4. The predicted octanol–water partition coefficient (Wildman–Crippen LogP) is 2.90. The van der Waals surface area contributed by atoms with Crippen LogP contribution in [0, 0.1) is 5.82 Å². The van der Waals surface area contributed by atoms with Gasteiger partial charge in [-0.05, 0) is 37.4 Å².